The van der Waals surface area contributed by atoms with Gasteiger partial charge in [-0.2, -0.15) is 0 Å². The lowest BCUT2D eigenvalue weighted by Crippen LogP contribution is -2.32. The summed E-state index contributed by atoms with van der Waals surface area (Å²) in [5, 5.41) is 0. The summed E-state index contributed by atoms with van der Waals surface area (Å²) < 4.78 is 33.5. The molecule has 1 aromatic heterocycles. The SMILES string of the molecule is CCCN1C(=O)c2cc(S(=O)(=O)NCC(C)C)ccc2Oc2cccnc21. The minimum absolute atomic E-state index is 0.0363. The Labute approximate surface area is 159 Å². The van der Waals surface area contributed by atoms with Crippen molar-refractivity contribution < 1.29 is 17.9 Å². The van der Waals surface area contributed by atoms with Crippen molar-refractivity contribution in [3.05, 3.63) is 42.1 Å². The first-order valence-corrected chi connectivity index (χ1v) is 10.4. The number of benzene rings is 1. The number of hydrogen-bond acceptors (Lipinski definition) is 5. The van der Waals surface area contributed by atoms with Gasteiger partial charge < -0.3 is 4.74 Å². The summed E-state index contributed by atoms with van der Waals surface area (Å²) in [6, 6.07) is 7.80. The van der Waals surface area contributed by atoms with Crippen LogP contribution in [-0.4, -0.2) is 32.4 Å². The fourth-order valence-corrected chi connectivity index (χ4v) is 3.99. The maximum absolute atomic E-state index is 13.1. The van der Waals surface area contributed by atoms with Crippen LogP contribution in [0.5, 0.6) is 11.5 Å². The van der Waals surface area contributed by atoms with Crippen LogP contribution in [-0.2, 0) is 10.0 Å². The molecule has 144 valence electrons. The number of nitrogens with zero attached hydrogens (tertiary/aromatic N) is 2. The Morgan fingerprint density at radius 2 is 2.00 bits per heavy atom. The first-order valence-electron chi connectivity index (χ1n) is 8.92. The second-order valence-corrected chi connectivity index (χ2v) is 8.55. The van der Waals surface area contributed by atoms with Crippen LogP contribution in [0.4, 0.5) is 5.82 Å². The maximum Gasteiger partial charge on any atom is 0.263 e. The minimum Gasteiger partial charge on any atom is -0.453 e. The van der Waals surface area contributed by atoms with Gasteiger partial charge in [-0.25, -0.2) is 18.1 Å². The van der Waals surface area contributed by atoms with Crippen LogP contribution in [0.25, 0.3) is 0 Å². The van der Waals surface area contributed by atoms with Crippen molar-refractivity contribution in [3.8, 4) is 11.5 Å². The van der Waals surface area contributed by atoms with E-state index in [1.165, 1.54) is 23.1 Å². The average molecular weight is 389 g/mol. The maximum atomic E-state index is 13.1. The molecule has 0 saturated carbocycles. The van der Waals surface area contributed by atoms with E-state index >= 15 is 0 Å². The number of aromatic nitrogens is 1. The zero-order chi connectivity index (χ0) is 19.6. The molecular weight excluding hydrogens is 366 g/mol. The van der Waals surface area contributed by atoms with Gasteiger partial charge in [0.2, 0.25) is 10.0 Å². The number of hydrogen-bond donors (Lipinski definition) is 1. The van der Waals surface area contributed by atoms with Crippen LogP contribution in [0.15, 0.2) is 41.4 Å². The van der Waals surface area contributed by atoms with Crippen molar-refractivity contribution in [1.82, 2.24) is 9.71 Å². The Bertz CT molecular complexity index is 957. The lowest BCUT2D eigenvalue weighted by molar-refractivity contribution is 0.0986. The van der Waals surface area contributed by atoms with E-state index in [4.69, 9.17) is 4.74 Å². The predicted molar refractivity (Wildman–Crippen MR) is 103 cm³/mol. The Balaban J connectivity index is 2.05. The van der Waals surface area contributed by atoms with Gasteiger partial charge in [0.1, 0.15) is 5.75 Å². The highest BCUT2D eigenvalue weighted by atomic mass is 32.2. The summed E-state index contributed by atoms with van der Waals surface area (Å²) in [5.74, 6) is 1.06. The fraction of sp³-hybridized carbons (Fsp3) is 0.368. The van der Waals surface area contributed by atoms with E-state index in [1.807, 2.05) is 20.8 Å². The van der Waals surface area contributed by atoms with E-state index in [0.29, 0.717) is 30.4 Å². The van der Waals surface area contributed by atoms with E-state index in [1.54, 1.807) is 18.3 Å². The number of ether oxygens (including phenoxy) is 1. The molecule has 0 fully saturated rings. The molecule has 2 aromatic rings. The monoisotopic (exact) mass is 389 g/mol. The molecule has 1 aliphatic rings. The molecule has 0 spiro atoms. The normalized spacial score (nSPS) is 13.8. The van der Waals surface area contributed by atoms with Crippen molar-refractivity contribution in [3.63, 3.8) is 0 Å². The van der Waals surface area contributed by atoms with Crippen LogP contribution in [0.1, 0.15) is 37.6 Å². The van der Waals surface area contributed by atoms with E-state index in [2.05, 4.69) is 9.71 Å². The molecule has 0 radical (unpaired) electrons. The van der Waals surface area contributed by atoms with E-state index in [9.17, 15) is 13.2 Å². The Morgan fingerprint density at radius 1 is 1.22 bits per heavy atom. The zero-order valence-corrected chi connectivity index (χ0v) is 16.4. The van der Waals surface area contributed by atoms with Crippen LogP contribution >= 0.6 is 0 Å². The van der Waals surface area contributed by atoms with Gasteiger partial charge in [0, 0.05) is 19.3 Å². The molecule has 8 heteroatoms. The molecule has 27 heavy (non-hydrogen) atoms. The summed E-state index contributed by atoms with van der Waals surface area (Å²) in [5.41, 5.74) is 0.203. The fourth-order valence-electron chi connectivity index (χ4n) is 2.75. The predicted octanol–water partition coefficient (Wildman–Crippen LogP) is 3.18. The number of nitrogens with one attached hydrogen (secondary N) is 1. The lowest BCUT2D eigenvalue weighted by atomic mass is 10.1. The molecule has 1 amide bonds. The Kier molecular flexibility index (Phi) is 5.48. The van der Waals surface area contributed by atoms with Gasteiger partial charge in [-0.1, -0.05) is 20.8 Å². The van der Waals surface area contributed by atoms with Gasteiger partial charge in [-0.05, 0) is 42.7 Å². The smallest absolute Gasteiger partial charge is 0.263 e. The van der Waals surface area contributed by atoms with Gasteiger partial charge in [-0.15, -0.1) is 0 Å². The van der Waals surface area contributed by atoms with Gasteiger partial charge in [0.15, 0.2) is 11.6 Å². The zero-order valence-electron chi connectivity index (χ0n) is 15.6. The Hall–Kier alpha value is -2.45. The number of pyridine rings is 1. The van der Waals surface area contributed by atoms with E-state index in [-0.39, 0.29) is 22.3 Å². The molecule has 0 aliphatic carbocycles. The summed E-state index contributed by atoms with van der Waals surface area (Å²) >= 11 is 0. The van der Waals surface area contributed by atoms with E-state index < -0.39 is 10.0 Å². The highest BCUT2D eigenvalue weighted by Gasteiger charge is 2.30. The molecule has 0 saturated heterocycles. The van der Waals surface area contributed by atoms with Crippen molar-refractivity contribution in [2.75, 3.05) is 18.0 Å². The molecule has 0 bridgehead atoms. The van der Waals surface area contributed by atoms with Crippen LogP contribution < -0.4 is 14.4 Å². The highest BCUT2D eigenvalue weighted by molar-refractivity contribution is 7.89. The summed E-state index contributed by atoms with van der Waals surface area (Å²) in [6.07, 6.45) is 2.32. The second kappa shape index (κ2) is 7.66. The van der Waals surface area contributed by atoms with Crippen molar-refractivity contribution in [2.45, 2.75) is 32.1 Å². The van der Waals surface area contributed by atoms with Gasteiger partial charge in [-0.3, -0.25) is 9.69 Å². The molecule has 1 aliphatic heterocycles. The van der Waals surface area contributed by atoms with Gasteiger partial charge in [0.25, 0.3) is 5.91 Å². The molecule has 3 rings (SSSR count). The van der Waals surface area contributed by atoms with Gasteiger partial charge in [0.05, 0.1) is 10.5 Å². The third-order valence-electron chi connectivity index (χ3n) is 4.09. The second-order valence-electron chi connectivity index (χ2n) is 6.79. The van der Waals surface area contributed by atoms with E-state index in [0.717, 1.165) is 6.42 Å². The number of carbonyl (C=O) groups is 1. The summed E-state index contributed by atoms with van der Waals surface area (Å²) in [6.45, 7) is 6.57. The molecule has 7 nitrogen and oxygen atoms in total. The van der Waals surface area contributed by atoms with Crippen molar-refractivity contribution >= 4 is 21.7 Å². The minimum atomic E-state index is -3.71. The first-order chi connectivity index (χ1) is 12.8. The van der Waals surface area contributed by atoms with Crippen LogP contribution in [0.2, 0.25) is 0 Å². The summed E-state index contributed by atoms with van der Waals surface area (Å²) in [7, 11) is -3.71. The molecular formula is C19H23N3O4S. The third-order valence-corrected chi connectivity index (χ3v) is 5.51. The van der Waals surface area contributed by atoms with Crippen LogP contribution in [0.3, 0.4) is 0 Å². The number of carbonyl (C=O) groups excluding carboxylic acids is 1. The topological polar surface area (TPSA) is 88.6 Å². The van der Waals surface area contributed by atoms with Crippen molar-refractivity contribution in [1.29, 1.82) is 0 Å². The number of sulfonamides is 1. The molecule has 0 unspecified atom stereocenters. The Morgan fingerprint density at radius 3 is 2.70 bits per heavy atom. The molecule has 0 atom stereocenters. The average Bonchev–Trinajstić information content (AvgIpc) is 2.75. The van der Waals surface area contributed by atoms with Crippen LogP contribution in [0, 0.1) is 5.92 Å². The number of anilines is 1. The summed E-state index contributed by atoms with van der Waals surface area (Å²) in [4.78, 5) is 19.0. The lowest BCUT2D eigenvalue weighted by Gasteiger charge is -2.20. The quantitative estimate of drug-likeness (QED) is 0.820. The standard InChI is InChI=1S/C19H23N3O4S/c1-4-10-22-18-17(6-5-9-20-18)26-16-8-7-14(11-15(16)19(22)23)27(24,25)21-12-13(2)3/h5-9,11,13,21H,4,10,12H2,1-3H3. The number of fused-ring (bicyclic) bond motifs is 2. The molecule has 1 aromatic carbocycles. The highest BCUT2D eigenvalue weighted by Crippen LogP contribution is 2.38. The molecule has 1 N–H and O–H groups in total. The largest absolute Gasteiger partial charge is 0.453 e. The first kappa shape index (κ1) is 19.3. The molecule has 2 heterocycles. The van der Waals surface area contributed by atoms with Gasteiger partial charge >= 0.3 is 0 Å². The number of rotatable bonds is 6. The number of amides is 1. The van der Waals surface area contributed by atoms with Crippen molar-refractivity contribution in [2.24, 2.45) is 5.92 Å². The third kappa shape index (κ3) is 3.96.